The molecule has 0 aromatic heterocycles. The topological polar surface area (TPSA) is 54.4 Å². The maximum Gasteiger partial charge on any atom is 0.267 e. The van der Waals surface area contributed by atoms with Crippen LogP contribution in [0.1, 0.15) is 19.3 Å². The van der Waals surface area contributed by atoms with Gasteiger partial charge in [0.25, 0.3) is 10.1 Å². The van der Waals surface area contributed by atoms with Gasteiger partial charge in [0.1, 0.15) is 0 Å². The van der Waals surface area contributed by atoms with Crippen molar-refractivity contribution >= 4 is 10.1 Å². The molecule has 0 heterocycles. The summed E-state index contributed by atoms with van der Waals surface area (Å²) in [6, 6.07) is 0. The molecule has 0 aromatic carbocycles. The predicted molar refractivity (Wildman–Crippen MR) is 34.1 cm³/mol. The summed E-state index contributed by atoms with van der Waals surface area (Å²) in [5.74, 6) is -2.92. The van der Waals surface area contributed by atoms with Crippen LogP contribution in [0.5, 0.6) is 0 Å². The standard InChI is InChI=1S/C5H8F2O3S/c6-5(7)2-1-4(3-5)11(8,9)10/h4H,1-3H2,(H,8,9,10). The molecular formula is C5H8F2O3S. The number of halogens is 2. The van der Waals surface area contributed by atoms with Crippen molar-refractivity contribution in [3.05, 3.63) is 0 Å². The summed E-state index contributed by atoms with van der Waals surface area (Å²) in [6.45, 7) is 0. The van der Waals surface area contributed by atoms with Gasteiger partial charge in [-0.15, -0.1) is 0 Å². The van der Waals surface area contributed by atoms with Gasteiger partial charge in [-0.05, 0) is 6.42 Å². The van der Waals surface area contributed by atoms with Crippen LogP contribution in [0.15, 0.2) is 0 Å². The molecule has 0 aromatic rings. The summed E-state index contributed by atoms with van der Waals surface area (Å²) in [6.07, 6.45) is -1.34. The lowest BCUT2D eigenvalue weighted by molar-refractivity contribution is 0.00938. The van der Waals surface area contributed by atoms with Gasteiger partial charge in [0, 0.05) is 12.8 Å². The summed E-state index contributed by atoms with van der Waals surface area (Å²) in [5.41, 5.74) is 0. The Hall–Kier alpha value is -0.230. The van der Waals surface area contributed by atoms with Crippen molar-refractivity contribution in [1.29, 1.82) is 0 Å². The molecule has 1 aliphatic carbocycles. The zero-order valence-electron chi connectivity index (χ0n) is 5.63. The molecular weight excluding hydrogens is 178 g/mol. The summed E-state index contributed by atoms with van der Waals surface area (Å²) in [7, 11) is -4.25. The van der Waals surface area contributed by atoms with Crippen LogP contribution in [0.3, 0.4) is 0 Å². The number of hydrogen-bond acceptors (Lipinski definition) is 2. The Morgan fingerprint density at radius 1 is 1.45 bits per heavy atom. The molecule has 1 N–H and O–H groups in total. The van der Waals surface area contributed by atoms with Gasteiger partial charge in [-0.3, -0.25) is 4.55 Å². The Morgan fingerprint density at radius 3 is 2.18 bits per heavy atom. The molecule has 0 bridgehead atoms. The van der Waals surface area contributed by atoms with Gasteiger partial charge in [0.05, 0.1) is 5.25 Å². The van der Waals surface area contributed by atoms with Crippen molar-refractivity contribution in [1.82, 2.24) is 0 Å². The second kappa shape index (κ2) is 2.38. The molecule has 0 aliphatic heterocycles. The zero-order chi connectivity index (χ0) is 8.70. The van der Waals surface area contributed by atoms with E-state index in [9.17, 15) is 17.2 Å². The summed E-state index contributed by atoms with van der Waals surface area (Å²) >= 11 is 0. The lowest BCUT2D eigenvalue weighted by atomic mass is 10.3. The Bertz CT molecular complexity index is 246. The minimum atomic E-state index is -4.25. The summed E-state index contributed by atoms with van der Waals surface area (Å²) in [4.78, 5) is 0. The molecule has 1 unspecified atom stereocenters. The molecule has 1 atom stereocenters. The number of hydrogen-bond donors (Lipinski definition) is 1. The van der Waals surface area contributed by atoms with Crippen LogP contribution in [0.4, 0.5) is 8.78 Å². The molecule has 1 fully saturated rings. The van der Waals surface area contributed by atoms with Crippen molar-refractivity contribution < 1.29 is 21.8 Å². The van der Waals surface area contributed by atoms with Gasteiger partial charge in [0.2, 0.25) is 5.92 Å². The van der Waals surface area contributed by atoms with Gasteiger partial charge in [-0.1, -0.05) is 0 Å². The summed E-state index contributed by atoms with van der Waals surface area (Å²) in [5, 5.41) is -1.27. The van der Waals surface area contributed by atoms with E-state index in [0.29, 0.717) is 0 Å². The maximum atomic E-state index is 12.3. The van der Waals surface area contributed by atoms with Crippen LogP contribution in [-0.2, 0) is 10.1 Å². The van der Waals surface area contributed by atoms with Gasteiger partial charge in [0.15, 0.2) is 0 Å². The normalized spacial score (nSPS) is 30.6. The van der Waals surface area contributed by atoms with Gasteiger partial charge < -0.3 is 0 Å². The highest BCUT2D eigenvalue weighted by Gasteiger charge is 2.44. The zero-order valence-corrected chi connectivity index (χ0v) is 6.44. The minimum absolute atomic E-state index is 0.147. The van der Waals surface area contributed by atoms with Crippen molar-refractivity contribution in [3.63, 3.8) is 0 Å². The number of alkyl halides is 2. The van der Waals surface area contributed by atoms with Crippen LogP contribution in [-0.4, -0.2) is 24.1 Å². The fourth-order valence-corrected chi connectivity index (χ4v) is 2.03. The maximum absolute atomic E-state index is 12.3. The Balaban J connectivity index is 2.71. The third-order valence-electron chi connectivity index (χ3n) is 1.78. The molecule has 3 nitrogen and oxygen atoms in total. The number of rotatable bonds is 1. The molecule has 1 aliphatic rings. The molecule has 0 spiro atoms. The molecule has 66 valence electrons. The average molecular weight is 186 g/mol. The van der Waals surface area contributed by atoms with E-state index in [-0.39, 0.29) is 6.42 Å². The first-order valence-electron chi connectivity index (χ1n) is 3.15. The molecule has 0 saturated heterocycles. The Morgan fingerprint density at radius 2 is 2.00 bits per heavy atom. The largest absolute Gasteiger partial charge is 0.285 e. The second-order valence-electron chi connectivity index (χ2n) is 2.74. The monoisotopic (exact) mass is 186 g/mol. The van der Waals surface area contributed by atoms with Crippen LogP contribution in [0, 0.1) is 0 Å². The molecule has 1 rings (SSSR count). The first-order chi connectivity index (χ1) is 4.81. The fraction of sp³-hybridized carbons (Fsp3) is 1.00. The SMILES string of the molecule is O=S(=O)(O)C1CCC(F)(F)C1. The first-order valence-corrected chi connectivity index (χ1v) is 4.66. The highest BCUT2D eigenvalue weighted by molar-refractivity contribution is 7.86. The summed E-state index contributed by atoms with van der Waals surface area (Å²) < 4.78 is 53.8. The minimum Gasteiger partial charge on any atom is -0.285 e. The molecule has 6 heteroatoms. The van der Waals surface area contributed by atoms with E-state index in [2.05, 4.69) is 0 Å². The Kier molecular flexibility index (Phi) is 1.92. The molecule has 0 radical (unpaired) electrons. The van der Waals surface area contributed by atoms with Crippen molar-refractivity contribution in [2.24, 2.45) is 0 Å². The van der Waals surface area contributed by atoms with Crippen LogP contribution in [0.25, 0.3) is 0 Å². The van der Waals surface area contributed by atoms with Crippen molar-refractivity contribution in [2.75, 3.05) is 0 Å². The highest BCUT2D eigenvalue weighted by Crippen LogP contribution is 2.37. The highest BCUT2D eigenvalue weighted by atomic mass is 32.2. The molecule has 0 amide bonds. The molecule has 1 saturated carbocycles. The van der Waals surface area contributed by atoms with Gasteiger partial charge >= 0.3 is 0 Å². The lowest BCUT2D eigenvalue weighted by Crippen LogP contribution is -2.19. The lowest BCUT2D eigenvalue weighted by Gasteiger charge is -2.06. The van der Waals surface area contributed by atoms with Gasteiger partial charge in [-0.25, -0.2) is 8.78 Å². The predicted octanol–water partition coefficient (Wildman–Crippen LogP) is 1.06. The van der Waals surface area contributed by atoms with E-state index in [4.69, 9.17) is 4.55 Å². The average Bonchev–Trinajstić information content (AvgIpc) is 2.07. The van der Waals surface area contributed by atoms with Gasteiger partial charge in [-0.2, -0.15) is 8.42 Å². The second-order valence-corrected chi connectivity index (χ2v) is 4.43. The first kappa shape index (κ1) is 8.86. The van der Waals surface area contributed by atoms with E-state index in [0.717, 1.165) is 0 Å². The third kappa shape index (κ3) is 2.10. The van der Waals surface area contributed by atoms with E-state index < -0.39 is 34.1 Å². The molecule has 11 heavy (non-hydrogen) atoms. The fourth-order valence-electron chi connectivity index (χ4n) is 1.16. The van der Waals surface area contributed by atoms with E-state index in [1.54, 1.807) is 0 Å². The van der Waals surface area contributed by atoms with Crippen molar-refractivity contribution in [3.8, 4) is 0 Å². The van der Waals surface area contributed by atoms with E-state index in [1.807, 2.05) is 0 Å². The van der Waals surface area contributed by atoms with Crippen LogP contribution >= 0.6 is 0 Å². The van der Waals surface area contributed by atoms with Crippen LogP contribution < -0.4 is 0 Å². The third-order valence-corrected chi connectivity index (χ3v) is 3.02. The smallest absolute Gasteiger partial charge is 0.267 e. The van der Waals surface area contributed by atoms with Crippen LogP contribution in [0.2, 0.25) is 0 Å². The van der Waals surface area contributed by atoms with Crippen molar-refractivity contribution in [2.45, 2.75) is 30.4 Å². The van der Waals surface area contributed by atoms with E-state index in [1.165, 1.54) is 0 Å². The Labute approximate surface area is 63.2 Å². The quantitative estimate of drug-likeness (QED) is 0.623. The van der Waals surface area contributed by atoms with E-state index >= 15 is 0 Å².